The van der Waals surface area contributed by atoms with E-state index < -0.39 is 28.3 Å². The number of hydrazine groups is 1. The zero-order valence-electron chi connectivity index (χ0n) is 15.9. The summed E-state index contributed by atoms with van der Waals surface area (Å²) in [6.07, 6.45) is 0.903. The monoisotopic (exact) mass is 434 g/mol. The number of benzene rings is 1. The minimum atomic E-state index is -2.62. The number of primary amides is 1. The van der Waals surface area contributed by atoms with Gasteiger partial charge in [-0.3, -0.25) is 34.3 Å². The van der Waals surface area contributed by atoms with Gasteiger partial charge in [-0.1, -0.05) is 35.5 Å². The summed E-state index contributed by atoms with van der Waals surface area (Å²) in [6, 6.07) is 9.21. The summed E-state index contributed by atoms with van der Waals surface area (Å²) >= 11 is 0. The number of nitrogens with zero attached hydrogens (tertiary/aromatic N) is 1. The lowest BCUT2D eigenvalue weighted by Crippen LogP contribution is -2.52. The number of nitrogens with one attached hydrogen (secondary N) is 2. The van der Waals surface area contributed by atoms with E-state index >= 15 is 0 Å². The van der Waals surface area contributed by atoms with Crippen LogP contribution in [0.4, 0.5) is 0 Å². The number of rotatable bonds is 5. The minimum absolute atomic E-state index is 0.0197. The highest BCUT2D eigenvalue weighted by molar-refractivity contribution is 8.25. The van der Waals surface area contributed by atoms with Crippen molar-refractivity contribution in [1.29, 1.82) is 0 Å². The Labute approximate surface area is 173 Å². The lowest BCUT2D eigenvalue weighted by molar-refractivity contribution is -0.134. The Hall–Kier alpha value is -2.89. The van der Waals surface area contributed by atoms with E-state index in [-0.39, 0.29) is 34.9 Å². The van der Waals surface area contributed by atoms with Crippen LogP contribution in [-0.4, -0.2) is 43.5 Å². The van der Waals surface area contributed by atoms with Crippen LogP contribution >= 0.6 is 10.6 Å². The van der Waals surface area contributed by atoms with E-state index in [4.69, 9.17) is 10.3 Å². The van der Waals surface area contributed by atoms with E-state index in [1.165, 1.54) is 0 Å². The molecular weight excluding hydrogens is 412 g/mol. The zero-order chi connectivity index (χ0) is 21.5. The van der Waals surface area contributed by atoms with Crippen LogP contribution in [0, 0.1) is 11.8 Å². The molecule has 30 heavy (non-hydrogen) atoms. The van der Waals surface area contributed by atoms with E-state index in [0.717, 1.165) is 5.56 Å². The van der Waals surface area contributed by atoms with Gasteiger partial charge in [0.15, 0.2) is 11.5 Å². The maximum Gasteiger partial charge on any atom is 0.271 e. The van der Waals surface area contributed by atoms with Crippen LogP contribution in [0.25, 0.3) is 11.3 Å². The van der Waals surface area contributed by atoms with Crippen molar-refractivity contribution < 1.29 is 28.0 Å². The van der Waals surface area contributed by atoms with Crippen molar-refractivity contribution in [2.24, 2.45) is 17.6 Å². The van der Waals surface area contributed by atoms with Gasteiger partial charge in [-0.15, -0.1) is 0 Å². The fourth-order valence-electron chi connectivity index (χ4n) is 3.79. The van der Waals surface area contributed by atoms with Crippen molar-refractivity contribution in [3.8, 4) is 11.3 Å². The molecule has 0 radical (unpaired) electrons. The normalized spacial score (nSPS) is 23.5. The molecule has 1 aromatic heterocycles. The highest BCUT2D eigenvalue weighted by Crippen LogP contribution is 2.52. The number of carbonyl (C=O) groups excluding carboxylic acids is 3. The molecule has 0 bridgehead atoms. The summed E-state index contributed by atoms with van der Waals surface area (Å²) in [5.74, 6) is -1.95. The third-order valence-corrected chi connectivity index (χ3v) is 7.40. The average Bonchev–Trinajstić information content (AvgIpc) is 3.08. The molecule has 0 atom stereocenters. The molecule has 4 rings (SSSR count). The lowest BCUT2D eigenvalue weighted by Gasteiger charge is -2.46. The Kier molecular flexibility index (Phi) is 5.26. The average molecular weight is 434 g/mol. The Morgan fingerprint density at radius 1 is 1.03 bits per heavy atom. The van der Waals surface area contributed by atoms with E-state index in [2.05, 4.69) is 16.0 Å². The van der Waals surface area contributed by atoms with Crippen molar-refractivity contribution in [2.75, 3.05) is 11.5 Å². The first-order valence-corrected chi connectivity index (χ1v) is 11.3. The smallest absolute Gasteiger partial charge is 0.271 e. The zero-order valence-corrected chi connectivity index (χ0v) is 16.7. The lowest BCUT2D eigenvalue weighted by atomic mass is 9.70. The molecule has 1 aliphatic carbocycles. The Balaban J connectivity index is 1.37. The van der Waals surface area contributed by atoms with Gasteiger partial charge < -0.3 is 10.3 Å². The highest BCUT2D eigenvalue weighted by atomic mass is 32.3. The van der Waals surface area contributed by atoms with Crippen molar-refractivity contribution in [1.82, 2.24) is 16.0 Å². The topological polar surface area (TPSA) is 168 Å². The van der Waals surface area contributed by atoms with Gasteiger partial charge in [-0.25, -0.2) is 0 Å². The predicted octanol–water partition coefficient (Wildman–Crippen LogP) is 1.46. The molecule has 3 amide bonds. The second-order valence-corrected chi connectivity index (χ2v) is 9.95. The first-order valence-electron chi connectivity index (χ1n) is 9.43. The third-order valence-electron chi connectivity index (χ3n) is 5.53. The van der Waals surface area contributed by atoms with Gasteiger partial charge in [0.2, 0.25) is 11.8 Å². The van der Waals surface area contributed by atoms with Crippen LogP contribution in [0.3, 0.4) is 0 Å². The Morgan fingerprint density at radius 3 is 2.20 bits per heavy atom. The van der Waals surface area contributed by atoms with Crippen LogP contribution in [0.1, 0.15) is 34.8 Å². The second kappa shape index (κ2) is 7.74. The summed E-state index contributed by atoms with van der Waals surface area (Å²) in [6.45, 7) is 0. The van der Waals surface area contributed by atoms with Crippen LogP contribution in [0.5, 0.6) is 0 Å². The van der Waals surface area contributed by atoms with Gasteiger partial charge in [0, 0.05) is 17.0 Å². The standard InChI is InChI=1S/C19H22N4O6S/c20-17(24)15-14(16(29-23-15)10-4-2-1-3-5-10)11-6-12(7-11)18(25)21-22-19(26)13-8-30(27,28)9-13/h1-5,11-13,27-28H,6-9H2,(H2,20,24)(H,21,25)(H,22,26). The van der Waals surface area contributed by atoms with Crippen LogP contribution < -0.4 is 16.6 Å². The molecule has 1 saturated carbocycles. The summed E-state index contributed by atoms with van der Waals surface area (Å²) < 4.78 is 24.1. The largest absolute Gasteiger partial charge is 0.364 e. The molecule has 10 nitrogen and oxygen atoms in total. The molecule has 6 N–H and O–H groups in total. The summed E-state index contributed by atoms with van der Waals surface area (Å²) in [4.78, 5) is 36.0. The number of hydrogen-bond donors (Lipinski definition) is 5. The van der Waals surface area contributed by atoms with Gasteiger partial charge >= 0.3 is 0 Å². The molecule has 2 aromatic rings. The van der Waals surface area contributed by atoms with Crippen LogP contribution in [0.2, 0.25) is 0 Å². The molecular formula is C19H22N4O6S. The quantitative estimate of drug-likeness (QED) is 0.444. The molecule has 1 aliphatic heterocycles. The van der Waals surface area contributed by atoms with Crippen molar-refractivity contribution in [2.45, 2.75) is 18.8 Å². The number of nitrogens with two attached hydrogens (primary N) is 1. The summed E-state index contributed by atoms with van der Waals surface area (Å²) in [5.41, 5.74) is 11.6. The van der Waals surface area contributed by atoms with Crippen LogP contribution in [-0.2, 0) is 9.59 Å². The molecule has 1 aromatic carbocycles. The van der Waals surface area contributed by atoms with E-state index in [0.29, 0.717) is 24.2 Å². The molecule has 2 aliphatic rings. The van der Waals surface area contributed by atoms with E-state index in [1.54, 1.807) is 0 Å². The SMILES string of the molecule is NC(=O)c1noc(-c2ccccc2)c1C1CC(C(=O)NNC(=O)C2CS(O)(O)C2)C1. The highest BCUT2D eigenvalue weighted by Gasteiger charge is 2.42. The first kappa shape index (κ1) is 20.4. The summed E-state index contributed by atoms with van der Waals surface area (Å²) in [7, 11) is -2.62. The Morgan fingerprint density at radius 2 is 1.63 bits per heavy atom. The number of amides is 3. The van der Waals surface area contributed by atoms with Gasteiger partial charge in [-0.2, -0.15) is 10.6 Å². The minimum Gasteiger partial charge on any atom is -0.364 e. The molecule has 0 unspecified atom stereocenters. The third kappa shape index (κ3) is 3.91. The first-order chi connectivity index (χ1) is 14.2. The van der Waals surface area contributed by atoms with Gasteiger partial charge in [-0.05, 0) is 18.8 Å². The molecule has 1 saturated heterocycles. The number of hydrogen-bond acceptors (Lipinski definition) is 7. The van der Waals surface area contributed by atoms with Gasteiger partial charge in [0.25, 0.3) is 5.91 Å². The maximum absolute atomic E-state index is 12.3. The van der Waals surface area contributed by atoms with Crippen molar-refractivity contribution in [3.05, 3.63) is 41.6 Å². The maximum atomic E-state index is 12.3. The van der Waals surface area contributed by atoms with Crippen molar-refractivity contribution in [3.63, 3.8) is 0 Å². The molecule has 2 heterocycles. The second-order valence-electron chi connectivity index (χ2n) is 7.68. The van der Waals surface area contributed by atoms with Gasteiger partial charge in [0.1, 0.15) is 0 Å². The Bertz CT molecular complexity index is 978. The fourth-order valence-corrected chi connectivity index (χ4v) is 5.29. The van der Waals surface area contributed by atoms with Gasteiger partial charge in [0.05, 0.1) is 17.4 Å². The number of carbonyl (C=O) groups is 3. The number of aromatic nitrogens is 1. The molecule has 2 fully saturated rings. The predicted molar refractivity (Wildman–Crippen MR) is 108 cm³/mol. The van der Waals surface area contributed by atoms with E-state index in [9.17, 15) is 23.5 Å². The fraction of sp³-hybridized carbons (Fsp3) is 0.368. The van der Waals surface area contributed by atoms with E-state index in [1.807, 2.05) is 30.3 Å². The molecule has 0 spiro atoms. The summed E-state index contributed by atoms with van der Waals surface area (Å²) in [5, 5.41) is 3.83. The molecule has 11 heteroatoms. The molecule has 160 valence electrons. The van der Waals surface area contributed by atoms with Crippen LogP contribution in [0.15, 0.2) is 34.9 Å². The van der Waals surface area contributed by atoms with Crippen molar-refractivity contribution >= 4 is 28.3 Å².